The molecule has 0 fully saturated rings. The molecule has 4 nitrogen and oxygen atoms in total. The average molecular weight is 197 g/mol. The molecule has 0 saturated heterocycles. The number of hydrogen-bond acceptors (Lipinski definition) is 2. The van der Waals surface area contributed by atoms with Crippen LogP contribution < -0.4 is 11.5 Å². The second-order valence-electron chi connectivity index (χ2n) is 1.77. The van der Waals surface area contributed by atoms with E-state index in [4.69, 9.17) is 11.5 Å². The van der Waals surface area contributed by atoms with Gasteiger partial charge in [-0.15, -0.1) is 0 Å². The van der Waals surface area contributed by atoms with Crippen molar-refractivity contribution in [2.24, 2.45) is 11.5 Å². The van der Waals surface area contributed by atoms with Gasteiger partial charge < -0.3 is 17.2 Å². The van der Waals surface area contributed by atoms with Crippen LogP contribution in [0.4, 0.5) is 0 Å². The molecular formula is C6H16N3OV-. The van der Waals surface area contributed by atoms with Gasteiger partial charge in [0.2, 0.25) is 5.91 Å². The van der Waals surface area contributed by atoms with Gasteiger partial charge in [-0.1, -0.05) is 19.8 Å². The molecule has 0 aromatic rings. The average Bonchev–Trinajstić information content (AvgIpc) is 1.91. The smallest absolute Gasteiger partial charge is 0.231 e. The predicted octanol–water partition coefficient (Wildman–Crippen LogP) is 0.267. The summed E-state index contributed by atoms with van der Waals surface area (Å²) in [6, 6.07) is 0. The summed E-state index contributed by atoms with van der Waals surface area (Å²) >= 11 is 0. The summed E-state index contributed by atoms with van der Waals surface area (Å²) in [5.41, 5.74) is 15.8. The van der Waals surface area contributed by atoms with Gasteiger partial charge in [0, 0.05) is 18.6 Å². The molecule has 0 aromatic heterocycles. The number of carbonyl (C=O) groups excluding carboxylic acids is 1. The molecule has 5 N–H and O–H groups in total. The second-order valence-corrected chi connectivity index (χ2v) is 1.77. The maximum atomic E-state index is 9.47. The van der Waals surface area contributed by atoms with E-state index in [1.54, 1.807) is 0 Å². The van der Waals surface area contributed by atoms with Crippen LogP contribution in [0.1, 0.15) is 19.8 Å². The zero-order chi connectivity index (χ0) is 8.41. The van der Waals surface area contributed by atoms with Crippen molar-refractivity contribution in [2.45, 2.75) is 19.8 Å². The molecule has 0 aliphatic carbocycles. The monoisotopic (exact) mass is 197 g/mol. The molecule has 5 heteroatoms. The third-order valence-electron chi connectivity index (χ3n) is 0.732. The summed E-state index contributed by atoms with van der Waals surface area (Å²) in [7, 11) is 0. The number of hydrogen-bond donors (Lipinski definition) is 2. The molecule has 1 amide bonds. The van der Waals surface area contributed by atoms with E-state index in [9.17, 15) is 4.79 Å². The van der Waals surface area contributed by atoms with Gasteiger partial charge >= 0.3 is 0 Å². The molecule has 0 aromatic carbocycles. The third kappa shape index (κ3) is 40.2. The molecule has 0 heterocycles. The van der Waals surface area contributed by atoms with Crippen molar-refractivity contribution in [3.8, 4) is 0 Å². The Morgan fingerprint density at radius 1 is 1.55 bits per heavy atom. The zero-order valence-corrected chi connectivity index (χ0v) is 8.24. The topological polar surface area (TPSA) is 92.9 Å². The predicted molar refractivity (Wildman–Crippen MR) is 42.3 cm³/mol. The first-order valence-electron chi connectivity index (χ1n) is 3.32. The van der Waals surface area contributed by atoms with Crippen LogP contribution in [0.2, 0.25) is 0 Å². The summed E-state index contributed by atoms with van der Waals surface area (Å²) in [5.74, 6) is -0.468. The molecule has 0 spiro atoms. The van der Waals surface area contributed by atoms with Gasteiger partial charge in [-0.05, 0) is 0 Å². The van der Waals surface area contributed by atoms with E-state index < -0.39 is 5.91 Å². The minimum absolute atomic E-state index is 0. The number of nitrogens with two attached hydrogens (primary N) is 2. The Morgan fingerprint density at radius 3 is 1.91 bits per heavy atom. The van der Waals surface area contributed by atoms with E-state index in [-0.39, 0.29) is 25.1 Å². The van der Waals surface area contributed by atoms with Crippen molar-refractivity contribution < 1.29 is 23.4 Å². The molecule has 11 heavy (non-hydrogen) atoms. The van der Waals surface area contributed by atoms with Crippen LogP contribution in [-0.2, 0) is 23.4 Å². The standard InChI is InChI=1S/C4H10N.C2H6N2O.V/c1-2-3-4-5;3-1-2(4)5;/h5H,2-4H2,1H3;1,3H2,(H2,4,5);/q-1;;. The van der Waals surface area contributed by atoms with Gasteiger partial charge in [0.15, 0.2) is 0 Å². The Bertz CT molecular complexity index is 78.2. The Morgan fingerprint density at radius 2 is 1.91 bits per heavy atom. The number of amides is 1. The summed E-state index contributed by atoms with van der Waals surface area (Å²) < 4.78 is 0. The van der Waals surface area contributed by atoms with E-state index in [0.717, 1.165) is 12.8 Å². The first kappa shape index (κ1) is 17.2. The van der Waals surface area contributed by atoms with Crippen LogP contribution in [0.25, 0.3) is 5.73 Å². The molecule has 0 bridgehead atoms. The van der Waals surface area contributed by atoms with Crippen LogP contribution in [0.15, 0.2) is 0 Å². The SMILES string of the molecule is CCCC[NH-].NCC(N)=O.[V]. The molecule has 67 valence electrons. The molecular weight excluding hydrogens is 181 g/mol. The number of nitrogens with one attached hydrogen (secondary N) is 1. The first-order valence-corrected chi connectivity index (χ1v) is 3.32. The van der Waals surface area contributed by atoms with Crippen molar-refractivity contribution in [2.75, 3.05) is 13.1 Å². The largest absolute Gasteiger partial charge is 0.677 e. The van der Waals surface area contributed by atoms with Crippen molar-refractivity contribution in [3.05, 3.63) is 5.73 Å². The normalized spacial score (nSPS) is 7.18. The Balaban J connectivity index is -0.000000107. The van der Waals surface area contributed by atoms with Gasteiger partial charge in [0.05, 0.1) is 6.54 Å². The van der Waals surface area contributed by atoms with E-state index >= 15 is 0 Å². The van der Waals surface area contributed by atoms with Crippen LogP contribution in [-0.4, -0.2) is 19.0 Å². The third-order valence-corrected chi connectivity index (χ3v) is 0.732. The van der Waals surface area contributed by atoms with Gasteiger partial charge in [-0.3, -0.25) is 4.79 Å². The number of unbranched alkanes of at least 4 members (excludes halogenated alkanes) is 1. The van der Waals surface area contributed by atoms with Crippen LogP contribution >= 0.6 is 0 Å². The summed E-state index contributed by atoms with van der Waals surface area (Å²) in [4.78, 5) is 9.47. The van der Waals surface area contributed by atoms with Gasteiger partial charge in [-0.2, -0.15) is 6.54 Å². The maximum Gasteiger partial charge on any atom is 0.231 e. The van der Waals surface area contributed by atoms with Gasteiger partial charge in [0.1, 0.15) is 0 Å². The summed E-state index contributed by atoms with van der Waals surface area (Å²) in [6.07, 6.45) is 2.21. The molecule has 0 rings (SSSR count). The van der Waals surface area contributed by atoms with E-state index in [1.165, 1.54) is 0 Å². The van der Waals surface area contributed by atoms with E-state index in [2.05, 4.69) is 12.7 Å². The fourth-order valence-corrected chi connectivity index (χ4v) is 0.177. The van der Waals surface area contributed by atoms with E-state index in [1.807, 2.05) is 0 Å². The Kier molecular flexibility index (Phi) is 25.8. The summed E-state index contributed by atoms with van der Waals surface area (Å²) in [5, 5.41) is 0. The van der Waals surface area contributed by atoms with Crippen molar-refractivity contribution in [1.82, 2.24) is 0 Å². The first-order chi connectivity index (χ1) is 4.68. The molecule has 0 unspecified atom stereocenters. The van der Waals surface area contributed by atoms with Crippen molar-refractivity contribution >= 4 is 5.91 Å². The molecule has 0 aliphatic rings. The summed E-state index contributed by atoms with van der Waals surface area (Å²) in [6.45, 7) is 2.63. The number of primary amides is 1. The quantitative estimate of drug-likeness (QED) is 0.679. The molecule has 1 radical (unpaired) electrons. The van der Waals surface area contributed by atoms with Crippen molar-refractivity contribution in [1.29, 1.82) is 0 Å². The molecule has 0 saturated carbocycles. The second kappa shape index (κ2) is 16.5. The Hall–Kier alpha value is -0.0256. The minimum Gasteiger partial charge on any atom is -0.677 e. The van der Waals surface area contributed by atoms with Crippen LogP contribution in [0, 0.1) is 0 Å². The molecule has 0 atom stereocenters. The number of carbonyl (C=O) groups is 1. The fourth-order valence-electron chi connectivity index (χ4n) is 0.177. The molecule has 0 aliphatic heterocycles. The van der Waals surface area contributed by atoms with Gasteiger partial charge in [-0.25, -0.2) is 0 Å². The maximum absolute atomic E-state index is 9.47. The minimum atomic E-state index is -0.468. The van der Waals surface area contributed by atoms with Crippen LogP contribution in [0.5, 0.6) is 0 Å². The van der Waals surface area contributed by atoms with E-state index in [0.29, 0.717) is 6.54 Å². The zero-order valence-electron chi connectivity index (χ0n) is 6.84. The fraction of sp³-hybridized carbons (Fsp3) is 0.833. The van der Waals surface area contributed by atoms with Crippen LogP contribution in [0.3, 0.4) is 0 Å². The Labute approximate surface area is 79.8 Å². The van der Waals surface area contributed by atoms with Gasteiger partial charge in [0.25, 0.3) is 0 Å². The number of rotatable bonds is 3. The van der Waals surface area contributed by atoms with Crippen molar-refractivity contribution in [3.63, 3.8) is 0 Å².